The summed E-state index contributed by atoms with van der Waals surface area (Å²) in [5.41, 5.74) is 19.3. The van der Waals surface area contributed by atoms with Crippen LogP contribution >= 0.6 is 11.3 Å². The van der Waals surface area contributed by atoms with Gasteiger partial charge in [-0.1, -0.05) is 140 Å². The fraction of sp³-hybridized carbons (Fsp3) is 0.0652. The minimum atomic E-state index is 0.825. The van der Waals surface area contributed by atoms with Gasteiger partial charge in [0.05, 0.1) is 0 Å². The van der Waals surface area contributed by atoms with E-state index in [2.05, 4.69) is 170 Å². The molecule has 0 spiro atoms. The van der Waals surface area contributed by atoms with Crippen molar-refractivity contribution in [2.24, 2.45) is 0 Å². The van der Waals surface area contributed by atoms with Crippen molar-refractivity contribution in [2.75, 3.05) is 0 Å². The molecule has 0 unspecified atom stereocenters. The lowest BCUT2D eigenvalue weighted by Gasteiger charge is -2.22. The Labute approximate surface area is 296 Å². The topological polar surface area (TPSA) is 38.7 Å². The molecule has 1 aliphatic rings. The molecule has 0 N–H and O–H groups in total. The summed E-state index contributed by atoms with van der Waals surface area (Å²) in [7, 11) is 0. The summed E-state index contributed by atoms with van der Waals surface area (Å²) in [6.45, 7) is 4.45. The molecule has 0 atom stereocenters. The van der Waals surface area contributed by atoms with Crippen molar-refractivity contribution >= 4 is 11.3 Å². The predicted octanol–water partition coefficient (Wildman–Crippen LogP) is 12.1. The molecule has 0 bridgehead atoms. The molecule has 9 rings (SSSR count). The van der Waals surface area contributed by atoms with E-state index < -0.39 is 0 Å². The van der Waals surface area contributed by atoms with Gasteiger partial charge >= 0.3 is 0 Å². The van der Waals surface area contributed by atoms with E-state index in [-0.39, 0.29) is 0 Å². The summed E-state index contributed by atoms with van der Waals surface area (Å²) in [5, 5.41) is 16.8. The normalized spacial score (nSPS) is 11.7. The Balaban J connectivity index is 1.43. The fourth-order valence-electron chi connectivity index (χ4n) is 7.64. The summed E-state index contributed by atoms with van der Waals surface area (Å²) >= 11 is 1.74. The number of thiophene rings is 1. The zero-order valence-electron chi connectivity index (χ0n) is 27.9. The summed E-state index contributed by atoms with van der Waals surface area (Å²) in [6.07, 6.45) is 0.849. The smallest absolute Gasteiger partial charge is 0.106 e. The van der Waals surface area contributed by atoms with Crippen LogP contribution in [0.1, 0.15) is 22.3 Å². The van der Waals surface area contributed by atoms with Crippen molar-refractivity contribution in [1.82, 2.24) is 15.4 Å². The Hall–Kier alpha value is -5.97. The summed E-state index contributed by atoms with van der Waals surface area (Å²) in [4.78, 5) is 1.18. The quantitative estimate of drug-likeness (QED) is 0.178. The van der Waals surface area contributed by atoms with Crippen LogP contribution in [0.15, 0.2) is 151 Å². The number of nitrogens with zero attached hydrogens (tertiary/aromatic N) is 3. The lowest BCUT2D eigenvalue weighted by atomic mass is 9.83. The molecule has 238 valence electrons. The van der Waals surface area contributed by atoms with Crippen molar-refractivity contribution in [3.63, 3.8) is 0 Å². The van der Waals surface area contributed by atoms with E-state index in [0.717, 1.165) is 67.9 Å². The van der Waals surface area contributed by atoms with E-state index in [1.165, 1.54) is 38.3 Å². The SMILES string of the molecule is Cc1cc2c(c(-c3nnnc(-c4c(-c5ccccc5)cccc4-c4cccs4)c3-c3ccccc3-c3ccccc3)c1C)Cc1ccccc1-2. The highest BCUT2D eigenvalue weighted by Crippen LogP contribution is 2.51. The molecule has 1 aliphatic carbocycles. The van der Waals surface area contributed by atoms with E-state index in [4.69, 9.17) is 10.2 Å². The maximum absolute atomic E-state index is 5.03. The van der Waals surface area contributed by atoms with Crippen LogP contribution in [0.2, 0.25) is 0 Å². The molecule has 2 heterocycles. The van der Waals surface area contributed by atoms with Gasteiger partial charge in [-0.15, -0.1) is 21.5 Å². The summed E-state index contributed by atoms with van der Waals surface area (Å²) in [6, 6.07) is 52.0. The van der Waals surface area contributed by atoms with Gasteiger partial charge < -0.3 is 0 Å². The number of hydrogen-bond donors (Lipinski definition) is 0. The summed E-state index contributed by atoms with van der Waals surface area (Å²) in [5.74, 6) is 0. The van der Waals surface area contributed by atoms with Crippen molar-refractivity contribution in [2.45, 2.75) is 20.3 Å². The molecule has 2 aromatic heterocycles. The van der Waals surface area contributed by atoms with Gasteiger partial charge in [-0.3, -0.25) is 0 Å². The first kappa shape index (κ1) is 30.1. The third kappa shape index (κ3) is 4.99. The van der Waals surface area contributed by atoms with Gasteiger partial charge in [0.1, 0.15) is 11.4 Å². The minimum Gasteiger partial charge on any atom is -0.144 e. The molecule has 8 aromatic rings. The van der Waals surface area contributed by atoms with Gasteiger partial charge in [0.2, 0.25) is 0 Å². The van der Waals surface area contributed by atoms with Crippen LogP contribution in [0, 0.1) is 13.8 Å². The number of benzene rings is 6. The van der Waals surface area contributed by atoms with Gasteiger partial charge in [0, 0.05) is 27.1 Å². The third-order valence-corrected chi connectivity index (χ3v) is 11.0. The Morgan fingerprint density at radius 3 is 1.80 bits per heavy atom. The zero-order chi connectivity index (χ0) is 33.6. The lowest BCUT2D eigenvalue weighted by Crippen LogP contribution is -2.06. The van der Waals surface area contributed by atoms with Crippen LogP contribution in [0.3, 0.4) is 0 Å². The average Bonchev–Trinajstić information content (AvgIpc) is 3.84. The second-order valence-corrected chi connectivity index (χ2v) is 13.8. The molecule has 6 aromatic carbocycles. The number of hydrogen-bond acceptors (Lipinski definition) is 4. The molecule has 0 aliphatic heterocycles. The van der Waals surface area contributed by atoms with Crippen LogP contribution in [0.4, 0.5) is 0 Å². The molecular weight excluding hydrogens is 627 g/mol. The number of aromatic nitrogens is 3. The third-order valence-electron chi connectivity index (χ3n) is 10.1. The molecule has 0 amide bonds. The van der Waals surface area contributed by atoms with E-state index in [9.17, 15) is 0 Å². The van der Waals surface area contributed by atoms with Gasteiger partial charge in [-0.05, 0) is 98.1 Å². The molecule has 0 fully saturated rings. The van der Waals surface area contributed by atoms with Crippen LogP contribution in [-0.4, -0.2) is 15.4 Å². The average molecular weight is 660 g/mol. The van der Waals surface area contributed by atoms with Crippen LogP contribution in [0.25, 0.3) is 77.5 Å². The number of rotatable bonds is 6. The molecule has 50 heavy (non-hydrogen) atoms. The van der Waals surface area contributed by atoms with Gasteiger partial charge in [-0.25, -0.2) is 0 Å². The first-order chi connectivity index (χ1) is 24.7. The molecule has 0 saturated carbocycles. The monoisotopic (exact) mass is 659 g/mol. The second-order valence-electron chi connectivity index (χ2n) is 12.9. The molecule has 0 radical (unpaired) electrons. The number of fused-ring (bicyclic) bond motifs is 3. The van der Waals surface area contributed by atoms with Crippen LogP contribution in [-0.2, 0) is 6.42 Å². The molecule has 3 nitrogen and oxygen atoms in total. The first-order valence-corrected chi connectivity index (χ1v) is 17.9. The maximum Gasteiger partial charge on any atom is 0.106 e. The molecule has 4 heteroatoms. The second kappa shape index (κ2) is 12.5. The number of aryl methyl sites for hydroxylation is 1. The van der Waals surface area contributed by atoms with Gasteiger partial charge in [0.25, 0.3) is 0 Å². The Kier molecular flexibility index (Phi) is 7.52. The van der Waals surface area contributed by atoms with E-state index in [0.29, 0.717) is 0 Å². The van der Waals surface area contributed by atoms with Crippen molar-refractivity contribution in [1.29, 1.82) is 0 Å². The van der Waals surface area contributed by atoms with Gasteiger partial charge in [0.15, 0.2) is 0 Å². The molecular formula is C46H33N3S. The van der Waals surface area contributed by atoms with E-state index >= 15 is 0 Å². The largest absolute Gasteiger partial charge is 0.144 e. The fourth-order valence-corrected chi connectivity index (χ4v) is 8.40. The highest BCUT2D eigenvalue weighted by molar-refractivity contribution is 7.13. The lowest BCUT2D eigenvalue weighted by molar-refractivity contribution is 0.877. The van der Waals surface area contributed by atoms with Crippen LogP contribution in [0.5, 0.6) is 0 Å². The Morgan fingerprint density at radius 2 is 1.08 bits per heavy atom. The van der Waals surface area contributed by atoms with E-state index in [1.54, 1.807) is 11.3 Å². The Morgan fingerprint density at radius 1 is 0.480 bits per heavy atom. The van der Waals surface area contributed by atoms with Crippen molar-refractivity contribution in [3.05, 3.63) is 173 Å². The van der Waals surface area contributed by atoms with E-state index in [1.807, 2.05) is 0 Å². The first-order valence-electron chi connectivity index (χ1n) is 17.0. The minimum absolute atomic E-state index is 0.825. The highest BCUT2D eigenvalue weighted by Gasteiger charge is 2.30. The maximum atomic E-state index is 5.03. The summed E-state index contributed by atoms with van der Waals surface area (Å²) < 4.78 is 0. The van der Waals surface area contributed by atoms with Crippen molar-refractivity contribution in [3.8, 4) is 77.5 Å². The highest BCUT2D eigenvalue weighted by atomic mass is 32.1. The zero-order valence-corrected chi connectivity index (χ0v) is 28.7. The van der Waals surface area contributed by atoms with Gasteiger partial charge in [-0.2, -0.15) is 0 Å². The molecule has 0 saturated heterocycles. The van der Waals surface area contributed by atoms with Crippen LogP contribution < -0.4 is 0 Å². The van der Waals surface area contributed by atoms with Crippen molar-refractivity contribution < 1.29 is 0 Å². The Bertz CT molecular complexity index is 2520. The predicted molar refractivity (Wildman–Crippen MR) is 208 cm³/mol. The standard InChI is InChI=1S/C46H33N3S/c1-29-27-39-35-21-10-9-19-33(35)28-40(39)42(30(29)2)45-44(37-22-12-11-20-34(37)31-15-5-3-6-16-31)46(48-49-47-45)43-36(32-17-7-4-8-18-32)23-13-24-38(43)41-25-14-26-50-41/h3-27H,28H2,1-2H3.